The number of rotatable bonds is 3. The minimum atomic E-state index is -1.26. The molecular weight excluding hydrogens is 328 g/mol. The van der Waals surface area contributed by atoms with Crippen molar-refractivity contribution in [1.82, 2.24) is 4.98 Å². The lowest BCUT2D eigenvalue weighted by molar-refractivity contribution is -0.114. The monoisotopic (exact) mass is 335 g/mol. The van der Waals surface area contributed by atoms with Crippen LogP contribution in [0.1, 0.15) is 17.2 Å². The number of nitrogens with zero attached hydrogens (tertiary/aromatic N) is 1. The fourth-order valence-corrected chi connectivity index (χ4v) is 2.08. The summed E-state index contributed by atoms with van der Waals surface area (Å²) in [6.07, 6.45) is 6.53. The zero-order chi connectivity index (χ0) is 14.7. The van der Waals surface area contributed by atoms with E-state index in [0.717, 1.165) is 12.1 Å². The molecule has 0 aliphatic carbocycles. The molecule has 5 heteroatoms. The molecule has 100 valence electrons. The fourth-order valence-electron chi connectivity index (χ4n) is 1.84. The summed E-state index contributed by atoms with van der Waals surface area (Å²) in [4.78, 5) is 15.9. The highest BCUT2D eigenvalue weighted by Gasteiger charge is 2.28. The van der Waals surface area contributed by atoms with Gasteiger partial charge < -0.3 is 0 Å². The van der Waals surface area contributed by atoms with E-state index >= 15 is 0 Å². The first-order valence-corrected chi connectivity index (χ1v) is 6.39. The highest BCUT2D eigenvalue weighted by molar-refractivity contribution is 9.10. The van der Waals surface area contributed by atoms with Crippen LogP contribution in [0.2, 0.25) is 0 Å². The van der Waals surface area contributed by atoms with Crippen molar-refractivity contribution in [1.29, 1.82) is 0 Å². The van der Waals surface area contributed by atoms with Gasteiger partial charge in [0.1, 0.15) is 17.6 Å². The van der Waals surface area contributed by atoms with Gasteiger partial charge in [-0.15, -0.1) is 6.42 Å². The van der Waals surface area contributed by atoms with Crippen LogP contribution in [0.15, 0.2) is 41.0 Å². The van der Waals surface area contributed by atoms with Gasteiger partial charge in [-0.25, -0.2) is 8.78 Å². The van der Waals surface area contributed by atoms with E-state index in [9.17, 15) is 13.6 Å². The number of halogens is 3. The van der Waals surface area contributed by atoms with Crippen LogP contribution in [0.3, 0.4) is 0 Å². The summed E-state index contributed by atoms with van der Waals surface area (Å²) in [6, 6.07) is 6.50. The molecule has 2 rings (SSSR count). The van der Waals surface area contributed by atoms with Crippen LogP contribution in [0.4, 0.5) is 8.78 Å². The molecule has 2 aromatic rings. The van der Waals surface area contributed by atoms with Crippen molar-refractivity contribution in [2.24, 2.45) is 0 Å². The maximum atomic E-state index is 13.9. The summed E-state index contributed by atoms with van der Waals surface area (Å²) in [5.74, 6) is -1.76. The smallest absolute Gasteiger partial charge is 0.218 e. The minimum absolute atomic E-state index is 0.195. The first-order valence-electron chi connectivity index (χ1n) is 5.60. The summed E-state index contributed by atoms with van der Waals surface area (Å²) in [7, 11) is 0. The van der Waals surface area contributed by atoms with Crippen LogP contribution in [0.5, 0.6) is 0 Å². The predicted molar refractivity (Wildman–Crippen MR) is 74.0 cm³/mol. The van der Waals surface area contributed by atoms with E-state index in [1.54, 1.807) is 6.07 Å². The summed E-state index contributed by atoms with van der Waals surface area (Å²) in [6.45, 7) is 0. The molecule has 0 aliphatic rings. The molecule has 1 heterocycles. The molecule has 0 spiro atoms. The Bertz CT molecular complexity index is 672. The third kappa shape index (κ3) is 2.75. The van der Waals surface area contributed by atoms with Crippen LogP contribution in [0, 0.1) is 24.0 Å². The largest absolute Gasteiger partial charge is 0.284 e. The number of carbonyl (C=O) groups excluding carboxylic acids is 1. The number of terminal acetylenes is 1. The molecule has 0 bridgehead atoms. The van der Waals surface area contributed by atoms with E-state index in [1.165, 1.54) is 18.3 Å². The summed E-state index contributed by atoms with van der Waals surface area (Å²) in [5, 5.41) is 0. The predicted octanol–water partition coefficient (Wildman–Crippen LogP) is 3.46. The van der Waals surface area contributed by atoms with Gasteiger partial charge in [0.15, 0.2) is 0 Å². The molecule has 1 unspecified atom stereocenters. The normalized spacial score (nSPS) is 11.7. The Morgan fingerprint density at radius 3 is 2.40 bits per heavy atom. The molecule has 20 heavy (non-hydrogen) atoms. The van der Waals surface area contributed by atoms with Crippen molar-refractivity contribution in [3.8, 4) is 12.3 Å². The highest BCUT2D eigenvalue weighted by atomic mass is 79.9. The molecular formula is C15H8BrF2NO. The maximum Gasteiger partial charge on any atom is 0.218 e. The Kier molecular flexibility index (Phi) is 4.26. The van der Waals surface area contributed by atoms with Crippen LogP contribution < -0.4 is 0 Å². The lowest BCUT2D eigenvalue weighted by Crippen LogP contribution is -2.16. The van der Waals surface area contributed by atoms with Crippen molar-refractivity contribution in [2.45, 2.75) is 5.92 Å². The first-order chi connectivity index (χ1) is 9.54. The number of Topliss-reactive ketones (excluding diaryl/α,β-unsaturated/α-hetero) is 1. The van der Waals surface area contributed by atoms with Gasteiger partial charge in [0.05, 0.1) is 5.69 Å². The molecule has 0 saturated heterocycles. The van der Waals surface area contributed by atoms with E-state index in [-0.39, 0.29) is 11.3 Å². The quantitative estimate of drug-likeness (QED) is 0.635. The van der Waals surface area contributed by atoms with Gasteiger partial charge in [-0.2, -0.15) is 0 Å². The number of hydrogen-bond acceptors (Lipinski definition) is 2. The molecule has 2 nitrogen and oxygen atoms in total. The lowest BCUT2D eigenvalue weighted by Gasteiger charge is -2.14. The van der Waals surface area contributed by atoms with E-state index in [0.29, 0.717) is 4.47 Å². The molecule has 0 N–H and O–H groups in total. The molecule has 0 fully saturated rings. The zero-order valence-electron chi connectivity index (χ0n) is 10.1. The summed E-state index contributed by atoms with van der Waals surface area (Å²) in [5.41, 5.74) is -0.189. The Labute approximate surface area is 123 Å². The second-order valence-corrected chi connectivity index (χ2v) is 4.89. The number of carbonyl (C=O) groups is 1. The molecule has 0 amide bonds. The molecule has 0 aliphatic heterocycles. The van der Waals surface area contributed by atoms with Crippen LogP contribution >= 0.6 is 15.9 Å². The Hall–Kier alpha value is -2.06. The van der Waals surface area contributed by atoms with Crippen molar-refractivity contribution < 1.29 is 13.6 Å². The maximum absolute atomic E-state index is 13.9. The number of hydrogen-bond donors (Lipinski definition) is 0. The van der Waals surface area contributed by atoms with Crippen LogP contribution in [-0.4, -0.2) is 10.8 Å². The Morgan fingerprint density at radius 2 is 1.90 bits per heavy atom. The van der Waals surface area contributed by atoms with Crippen LogP contribution in [0.25, 0.3) is 0 Å². The number of aromatic nitrogens is 1. The van der Waals surface area contributed by atoms with Crippen LogP contribution in [-0.2, 0) is 4.79 Å². The average Bonchev–Trinajstić information content (AvgIpc) is 2.44. The van der Waals surface area contributed by atoms with Crippen molar-refractivity contribution >= 4 is 21.7 Å². The SMILES string of the molecule is C#CC(=O)C(c1ccc(Br)cn1)c1c(F)cccc1F. The third-order valence-electron chi connectivity index (χ3n) is 2.74. The molecule has 1 aromatic carbocycles. The minimum Gasteiger partial charge on any atom is -0.284 e. The van der Waals surface area contributed by atoms with Gasteiger partial charge in [0.2, 0.25) is 5.78 Å². The highest BCUT2D eigenvalue weighted by Crippen LogP contribution is 2.29. The van der Waals surface area contributed by atoms with Gasteiger partial charge in [-0.1, -0.05) is 6.07 Å². The van der Waals surface area contributed by atoms with Gasteiger partial charge in [0, 0.05) is 16.2 Å². The zero-order valence-corrected chi connectivity index (χ0v) is 11.7. The topological polar surface area (TPSA) is 30.0 Å². The standard InChI is InChI=1S/C15H8BrF2NO/c1-2-13(20)15(12-7-6-9(16)8-19-12)14-10(17)4-3-5-11(14)18/h1,3-8,15H. The number of ketones is 1. The van der Waals surface area contributed by atoms with E-state index in [4.69, 9.17) is 6.42 Å². The van der Waals surface area contributed by atoms with E-state index < -0.39 is 23.3 Å². The second kappa shape index (κ2) is 5.93. The van der Waals surface area contributed by atoms with Gasteiger partial charge in [-0.05, 0) is 46.1 Å². The summed E-state index contributed by atoms with van der Waals surface area (Å²) < 4.78 is 28.4. The third-order valence-corrected chi connectivity index (χ3v) is 3.21. The van der Waals surface area contributed by atoms with Gasteiger partial charge in [0.25, 0.3) is 0 Å². The second-order valence-electron chi connectivity index (χ2n) is 3.98. The molecule has 0 radical (unpaired) electrons. The molecule has 1 atom stereocenters. The molecule has 1 aromatic heterocycles. The average molecular weight is 336 g/mol. The lowest BCUT2D eigenvalue weighted by atomic mass is 9.90. The van der Waals surface area contributed by atoms with E-state index in [1.807, 2.05) is 5.92 Å². The van der Waals surface area contributed by atoms with Gasteiger partial charge in [-0.3, -0.25) is 9.78 Å². The Balaban J connectivity index is 2.63. The molecule has 0 saturated carbocycles. The van der Waals surface area contributed by atoms with Gasteiger partial charge >= 0.3 is 0 Å². The van der Waals surface area contributed by atoms with Crippen molar-refractivity contribution in [3.05, 3.63) is 63.9 Å². The fraction of sp³-hybridized carbons (Fsp3) is 0.0667. The van der Waals surface area contributed by atoms with Crippen molar-refractivity contribution in [2.75, 3.05) is 0 Å². The number of pyridine rings is 1. The van der Waals surface area contributed by atoms with E-state index in [2.05, 4.69) is 20.9 Å². The summed E-state index contributed by atoms with van der Waals surface area (Å²) >= 11 is 3.20. The first kappa shape index (κ1) is 14.4. The van der Waals surface area contributed by atoms with Crippen molar-refractivity contribution in [3.63, 3.8) is 0 Å². The Morgan fingerprint density at radius 1 is 1.25 bits per heavy atom. The number of benzene rings is 1.